The first-order valence-corrected chi connectivity index (χ1v) is 9.19. The van der Waals surface area contributed by atoms with Crippen molar-refractivity contribution in [2.75, 3.05) is 26.2 Å². The van der Waals surface area contributed by atoms with Gasteiger partial charge >= 0.3 is 0 Å². The van der Waals surface area contributed by atoms with E-state index >= 15 is 0 Å². The van der Waals surface area contributed by atoms with E-state index < -0.39 is 0 Å². The van der Waals surface area contributed by atoms with Gasteiger partial charge in [-0.2, -0.15) is 0 Å². The van der Waals surface area contributed by atoms with Crippen molar-refractivity contribution >= 4 is 11.6 Å². The van der Waals surface area contributed by atoms with E-state index in [1.54, 1.807) is 0 Å². The number of imidazole rings is 1. The van der Waals surface area contributed by atoms with Crippen molar-refractivity contribution in [2.24, 2.45) is 4.99 Å². The molecular formula is C19H29N5O. The Morgan fingerprint density at radius 3 is 3.04 bits per heavy atom. The number of ether oxygens (including phenoxy) is 1. The van der Waals surface area contributed by atoms with Crippen molar-refractivity contribution < 1.29 is 4.74 Å². The van der Waals surface area contributed by atoms with Crippen LogP contribution in [0.5, 0.6) is 0 Å². The Hall–Kier alpha value is -2.08. The molecule has 1 saturated heterocycles. The number of hydrogen-bond acceptors (Lipinski definition) is 3. The molecule has 136 valence electrons. The van der Waals surface area contributed by atoms with Crippen molar-refractivity contribution in [1.29, 1.82) is 0 Å². The average molecular weight is 343 g/mol. The molecular weight excluding hydrogens is 314 g/mol. The third kappa shape index (κ3) is 4.51. The lowest BCUT2D eigenvalue weighted by Crippen LogP contribution is -2.40. The fraction of sp³-hybridized carbons (Fsp3) is 0.579. The number of fused-ring (bicyclic) bond motifs is 1. The Labute approximate surface area is 149 Å². The minimum atomic E-state index is -0.110. The second-order valence-corrected chi connectivity index (χ2v) is 6.93. The van der Waals surface area contributed by atoms with Crippen molar-refractivity contribution in [1.82, 2.24) is 20.0 Å². The summed E-state index contributed by atoms with van der Waals surface area (Å²) in [5.74, 6) is 0.846. The molecule has 1 fully saturated rings. The third-order valence-electron chi connectivity index (χ3n) is 4.62. The molecule has 3 heterocycles. The van der Waals surface area contributed by atoms with Crippen LogP contribution in [0, 0.1) is 6.92 Å². The number of aromatic nitrogens is 2. The summed E-state index contributed by atoms with van der Waals surface area (Å²) >= 11 is 0. The van der Waals surface area contributed by atoms with Crippen LogP contribution in [0.2, 0.25) is 0 Å². The van der Waals surface area contributed by atoms with Crippen LogP contribution in [0.25, 0.3) is 5.65 Å². The topological polar surface area (TPSA) is 63.0 Å². The molecule has 0 amide bonds. The van der Waals surface area contributed by atoms with Crippen molar-refractivity contribution in [2.45, 2.75) is 45.6 Å². The zero-order valence-corrected chi connectivity index (χ0v) is 15.5. The van der Waals surface area contributed by atoms with Crippen LogP contribution >= 0.6 is 0 Å². The monoisotopic (exact) mass is 343 g/mol. The van der Waals surface area contributed by atoms with E-state index in [2.05, 4.69) is 48.1 Å². The van der Waals surface area contributed by atoms with Gasteiger partial charge in [-0.3, -0.25) is 4.99 Å². The highest BCUT2D eigenvalue weighted by atomic mass is 16.5. The summed E-state index contributed by atoms with van der Waals surface area (Å²) in [7, 11) is 0. The Morgan fingerprint density at radius 2 is 2.32 bits per heavy atom. The van der Waals surface area contributed by atoms with Gasteiger partial charge in [0.15, 0.2) is 5.96 Å². The number of hydrogen-bond donors (Lipinski definition) is 2. The first-order valence-electron chi connectivity index (χ1n) is 9.19. The molecule has 0 spiro atoms. The Balaban J connectivity index is 1.56. The zero-order valence-electron chi connectivity index (χ0n) is 15.5. The zero-order chi connectivity index (χ0) is 17.7. The lowest BCUT2D eigenvalue weighted by atomic mass is 10.0. The molecule has 3 rings (SSSR count). The smallest absolute Gasteiger partial charge is 0.191 e. The van der Waals surface area contributed by atoms with Crippen LogP contribution in [0.15, 0.2) is 29.5 Å². The van der Waals surface area contributed by atoms with E-state index in [4.69, 9.17) is 14.7 Å². The first kappa shape index (κ1) is 17.7. The van der Waals surface area contributed by atoms with Gasteiger partial charge in [-0.25, -0.2) is 4.98 Å². The van der Waals surface area contributed by atoms with Gasteiger partial charge in [-0.15, -0.1) is 0 Å². The SMILES string of the molecule is CCNC(=NCC1(C)CCCO1)NCCc1cn2cccc(C)c2n1. The molecule has 1 unspecified atom stereocenters. The van der Waals surface area contributed by atoms with Crippen LogP contribution in [-0.4, -0.2) is 47.2 Å². The molecule has 0 aliphatic carbocycles. The van der Waals surface area contributed by atoms with Crippen LogP contribution in [-0.2, 0) is 11.2 Å². The van der Waals surface area contributed by atoms with Gasteiger partial charge in [0.25, 0.3) is 0 Å². The maximum Gasteiger partial charge on any atom is 0.191 e. The molecule has 1 atom stereocenters. The number of rotatable bonds is 6. The lowest BCUT2D eigenvalue weighted by Gasteiger charge is -2.21. The summed E-state index contributed by atoms with van der Waals surface area (Å²) in [6.45, 7) is 9.50. The van der Waals surface area contributed by atoms with Gasteiger partial charge in [-0.1, -0.05) is 6.07 Å². The highest BCUT2D eigenvalue weighted by molar-refractivity contribution is 5.79. The van der Waals surface area contributed by atoms with Gasteiger partial charge in [0.1, 0.15) is 5.65 Å². The molecule has 0 radical (unpaired) electrons. The number of guanidine groups is 1. The van der Waals surface area contributed by atoms with Gasteiger partial charge < -0.3 is 19.8 Å². The number of aryl methyl sites for hydroxylation is 1. The van der Waals surface area contributed by atoms with Crippen molar-refractivity contribution in [3.63, 3.8) is 0 Å². The summed E-state index contributed by atoms with van der Waals surface area (Å²) < 4.78 is 7.90. The summed E-state index contributed by atoms with van der Waals surface area (Å²) in [5.41, 5.74) is 3.20. The molecule has 0 saturated carbocycles. The van der Waals surface area contributed by atoms with Gasteiger partial charge in [-0.05, 0) is 45.2 Å². The Bertz CT molecular complexity index is 730. The molecule has 6 nitrogen and oxygen atoms in total. The molecule has 2 N–H and O–H groups in total. The van der Waals surface area contributed by atoms with Crippen LogP contribution < -0.4 is 10.6 Å². The van der Waals surface area contributed by atoms with E-state index in [9.17, 15) is 0 Å². The molecule has 2 aromatic heterocycles. The molecule has 1 aliphatic heterocycles. The van der Waals surface area contributed by atoms with E-state index in [1.165, 1.54) is 5.56 Å². The maximum absolute atomic E-state index is 5.81. The molecule has 1 aliphatic rings. The third-order valence-corrected chi connectivity index (χ3v) is 4.62. The fourth-order valence-corrected chi connectivity index (χ4v) is 3.18. The molecule has 25 heavy (non-hydrogen) atoms. The molecule has 0 aromatic carbocycles. The van der Waals surface area contributed by atoms with E-state index in [0.717, 1.165) is 56.3 Å². The average Bonchev–Trinajstić information content (AvgIpc) is 3.20. The van der Waals surface area contributed by atoms with Crippen LogP contribution in [0.4, 0.5) is 0 Å². The number of nitrogens with zero attached hydrogens (tertiary/aromatic N) is 3. The van der Waals surface area contributed by atoms with Crippen molar-refractivity contribution in [3.8, 4) is 0 Å². The van der Waals surface area contributed by atoms with E-state index in [0.29, 0.717) is 6.54 Å². The van der Waals surface area contributed by atoms with Gasteiger partial charge in [0, 0.05) is 38.5 Å². The lowest BCUT2D eigenvalue weighted by molar-refractivity contribution is 0.0283. The summed E-state index contributed by atoms with van der Waals surface area (Å²) in [6, 6.07) is 4.14. The Morgan fingerprint density at radius 1 is 1.44 bits per heavy atom. The predicted octanol–water partition coefficient (Wildman–Crippen LogP) is 2.31. The summed E-state index contributed by atoms with van der Waals surface area (Å²) in [4.78, 5) is 9.42. The van der Waals surface area contributed by atoms with E-state index in [-0.39, 0.29) is 5.60 Å². The first-order chi connectivity index (χ1) is 12.1. The molecule has 6 heteroatoms. The summed E-state index contributed by atoms with van der Waals surface area (Å²) in [6.07, 6.45) is 7.21. The second-order valence-electron chi connectivity index (χ2n) is 6.93. The van der Waals surface area contributed by atoms with E-state index in [1.807, 2.05) is 12.3 Å². The normalized spacial score (nSPS) is 21.0. The van der Waals surface area contributed by atoms with Gasteiger partial charge in [0.05, 0.1) is 17.8 Å². The number of pyridine rings is 1. The largest absolute Gasteiger partial charge is 0.373 e. The summed E-state index contributed by atoms with van der Waals surface area (Å²) in [5, 5.41) is 6.71. The highest BCUT2D eigenvalue weighted by Gasteiger charge is 2.29. The molecule has 0 bridgehead atoms. The predicted molar refractivity (Wildman–Crippen MR) is 101 cm³/mol. The quantitative estimate of drug-likeness (QED) is 0.624. The van der Waals surface area contributed by atoms with Crippen LogP contribution in [0.3, 0.4) is 0 Å². The highest BCUT2D eigenvalue weighted by Crippen LogP contribution is 2.24. The number of aliphatic imine (C=N–C) groups is 1. The second kappa shape index (κ2) is 7.87. The Kier molecular flexibility index (Phi) is 5.58. The minimum Gasteiger partial charge on any atom is -0.373 e. The van der Waals surface area contributed by atoms with Crippen LogP contribution in [0.1, 0.15) is 37.9 Å². The minimum absolute atomic E-state index is 0.110. The number of nitrogens with one attached hydrogen (secondary N) is 2. The fourth-order valence-electron chi connectivity index (χ4n) is 3.18. The standard InChI is InChI=1S/C19H29N5O/c1-4-20-18(22-14-19(3)9-6-12-25-19)21-10-8-16-13-24-11-5-7-15(2)17(24)23-16/h5,7,11,13H,4,6,8-10,12,14H2,1-3H3,(H2,20,21,22). The van der Waals surface area contributed by atoms with Gasteiger partial charge in [0.2, 0.25) is 0 Å². The van der Waals surface area contributed by atoms with Crippen molar-refractivity contribution in [3.05, 3.63) is 35.8 Å². The maximum atomic E-state index is 5.81. The molecule has 2 aromatic rings.